The molecular formula is C75H121N11O38P2. The van der Waals surface area contributed by atoms with Crippen LogP contribution in [0.5, 0.6) is 0 Å². The number of hydrogen-bond donors (Lipinski definition) is 17. The predicted octanol–water partition coefficient (Wildman–Crippen LogP) is -5.76. The number of aromatic nitrogens is 4. The first kappa shape index (κ1) is 106. The molecule has 7 rings (SSSR count). The number of likely N-dealkylation sites (tertiary alicyclic amines) is 1. The second kappa shape index (κ2) is 52.1. The van der Waals surface area contributed by atoms with Crippen molar-refractivity contribution in [2.24, 2.45) is 0 Å². The number of Topliss-reactive ketones (excluding diaryl/α,β-unsaturated/α-hetero) is 5. The fourth-order valence-electron chi connectivity index (χ4n) is 14.3. The Morgan fingerprint density at radius 1 is 0.532 bits per heavy atom. The first-order valence-corrected chi connectivity index (χ1v) is 44.7. The molecule has 5 fully saturated rings. The Kier molecular flexibility index (Phi) is 43.9. The number of rotatable bonds is 58. The lowest BCUT2D eigenvalue weighted by Gasteiger charge is -2.42. The number of imidazole rings is 1. The van der Waals surface area contributed by atoms with Crippen molar-refractivity contribution in [1.29, 1.82) is 0 Å². The molecule has 0 saturated carbocycles. The Labute approximate surface area is 724 Å². The summed E-state index contributed by atoms with van der Waals surface area (Å²) in [6.07, 6.45) is -22.3. The van der Waals surface area contributed by atoms with Crippen molar-refractivity contribution < 1.29 is 183 Å². The number of fused-ring (bicyclic) bond motifs is 1. The van der Waals surface area contributed by atoms with Crippen molar-refractivity contribution in [3.8, 4) is 0 Å². The van der Waals surface area contributed by atoms with Gasteiger partial charge in [-0.05, 0) is 19.3 Å². The van der Waals surface area contributed by atoms with Crippen LogP contribution in [0.2, 0.25) is 0 Å². The van der Waals surface area contributed by atoms with Crippen LogP contribution in [-0.4, -0.2) is 386 Å². The van der Waals surface area contributed by atoms with Crippen molar-refractivity contribution in [2.45, 2.75) is 258 Å². The van der Waals surface area contributed by atoms with Gasteiger partial charge in [0.25, 0.3) is 0 Å². The molecule has 22 atom stereocenters. The van der Waals surface area contributed by atoms with E-state index < -0.39 is 250 Å². The number of methoxy groups -OCH3 is 1. The van der Waals surface area contributed by atoms with Gasteiger partial charge in [-0.2, -0.15) is 0 Å². The van der Waals surface area contributed by atoms with E-state index in [2.05, 4.69) is 41.5 Å². The van der Waals surface area contributed by atoms with E-state index in [0.717, 1.165) is 27.4 Å². The minimum absolute atomic E-state index is 0.0450. The van der Waals surface area contributed by atoms with Crippen molar-refractivity contribution in [3.63, 3.8) is 0 Å². The van der Waals surface area contributed by atoms with E-state index in [9.17, 15) is 118 Å². The van der Waals surface area contributed by atoms with Crippen LogP contribution in [0.3, 0.4) is 0 Å². The number of phosphoric acid groups is 1. The number of aliphatic hydroxyl groups is 9. The van der Waals surface area contributed by atoms with Gasteiger partial charge in [0, 0.05) is 138 Å². The molecule has 49 nitrogen and oxygen atoms in total. The SMILES string of the molecule is CO[C@@H]1C[C@@H](COP(=O)(O)O[C@H]2C[C@H](n3cnc4c(N)ncnc43)O[C@@H]2COP(C)(=O)O)N(C(=O)CCC(=O)NC(COCCC(=O)CCCC(=O)CCO[C@@H]2OC(CO)[C@H](O)[C@H](O)C2NC(C)=O)(COCCC(=O)CCCC(=O)CCO[C@@H]2OC(CO)[C@H](O)[C@H](O)C2NC(C)=O)COCCC(=O)NCCC(=O)CCO[C@@H]2OC(CO)[C@H](O)[C@H](O)C2NC(C)=O)C1. The summed E-state index contributed by atoms with van der Waals surface area (Å²) in [7, 11) is -7.90. The highest BCUT2D eigenvalue weighted by molar-refractivity contribution is 7.51. The molecule has 5 aliphatic heterocycles. The van der Waals surface area contributed by atoms with Gasteiger partial charge in [0.05, 0.1) is 111 Å². The third-order valence-electron chi connectivity index (χ3n) is 21.0. The smallest absolute Gasteiger partial charge is 0.394 e. The monoisotopic (exact) mass is 1850 g/mol. The van der Waals surface area contributed by atoms with E-state index in [1.54, 1.807) is 0 Å². The molecule has 0 radical (unpaired) electrons. The number of carbonyl (C=O) groups is 11. The molecule has 51 heteroatoms. The first-order valence-electron chi connectivity index (χ1n) is 41.2. The minimum Gasteiger partial charge on any atom is -0.394 e. The predicted molar refractivity (Wildman–Crippen MR) is 426 cm³/mol. The maximum Gasteiger partial charge on any atom is 0.472 e. The lowest BCUT2D eigenvalue weighted by Crippen LogP contribution is -2.64. The summed E-state index contributed by atoms with van der Waals surface area (Å²) in [5.41, 5.74) is 4.63. The van der Waals surface area contributed by atoms with E-state index in [4.69, 9.17) is 71.4 Å². The Morgan fingerprint density at radius 2 is 0.976 bits per heavy atom. The lowest BCUT2D eigenvalue weighted by molar-refractivity contribution is -0.269. The molecule has 0 spiro atoms. The maximum absolute atomic E-state index is 14.5. The topological polar surface area (TPSA) is 707 Å². The zero-order valence-electron chi connectivity index (χ0n) is 70.7. The summed E-state index contributed by atoms with van der Waals surface area (Å²) in [6, 6.07) is -4.74. The van der Waals surface area contributed by atoms with Gasteiger partial charge in [-0.25, -0.2) is 19.5 Å². The molecule has 0 bridgehead atoms. The number of anilines is 1. The maximum atomic E-state index is 14.5. The van der Waals surface area contributed by atoms with Gasteiger partial charge >= 0.3 is 15.4 Å². The number of ether oxygens (including phenoxy) is 11. The van der Waals surface area contributed by atoms with Gasteiger partial charge in [0.2, 0.25) is 35.4 Å². The van der Waals surface area contributed by atoms with E-state index in [0.29, 0.717) is 0 Å². The zero-order chi connectivity index (χ0) is 92.6. The van der Waals surface area contributed by atoms with Crippen molar-refractivity contribution >= 4 is 96.8 Å². The number of aliphatic hydroxyl groups excluding tert-OH is 9. The van der Waals surface area contributed by atoms with E-state index in [-0.39, 0.29) is 189 Å². The molecule has 6 amide bonds. The summed E-state index contributed by atoms with van der Waals surface area (Å²) >= 11 is 0. The quantitative estimate of drug-likeness (QED) is 0.0217. The molecule has 126 heavy (non-hydrogen) atoms. The summed E-state index contributed by atoms with van der Waals surface area (Å²) < 4.78 is 107. The average Bonchev–Trinajstić information content (AvgIpc) is 1.57. The fraction of sp³-hybridized carbons (Fsp3) is 0.787. The highest BCUT2D eigenvalue weighted by Crippen LogP contribution is 2.50. The van der Waals surface area contributed by atoms with Gasteiger partial charge < -0.3 is 150 Å². The normalized spacial score (nSPS) is 28.2. The third kappa shape index (κ3) is 34.0. The van der Waals surface area contributed by atoms with Crippen LogP contribution >= 0.6 is 15.4 Å². The first-order chi connectivity index (χ1) is 59.8. The standard InChI is InChI=1S/C75H121N11O38P2/c1-41(90)81-60-67(104)64(101)52(31-87)121-72(60)115-25-17-47(95)10-6-8-45(93)15-22-112-36-75(37-113-23-16-46(94)9-7-11-48(96)18-26-116-73-61(82-42(2)91)68(105)65(102)53(32-88)122-73,38-114-24-20-56(98)77-21-14-49(97)19-27-117-74-62(83-43(3)92)69(106)66(103)54(33-89)123-74)84-57(99)12-13-58(100)85-30-50(111-4)28-44(85)34-119-126(109,110)124-51-29-59(120-55(51)35-118-125(5,107)108)86-40-80-63-70(76)78-39-79-71(63)86/h39-40,44,50-55,59-62,64-69,72-74,87-89,101-106H,6-38H2,1-5H3,(H,77,98)(H,81,90)(H,82,91)(H,83,92)(H,84,99)(H,107,108)(H,109,110)(H2,76,78,79)/t44-,50+,51-,52?,53?,54?,55+,59+,60?,61?,62?,64-,65-,66-,67+,68+,69+,72+,73+,74+,75?/m0/s1. The number of hydrogen-bond acceptors (Lipinski definition) is 40. The van der Waals surface area contributed by atoms with Crippen LogP contribution in [0.4, 0.5) is 5.82 Å². The molecule has 0 aromatic carbocycles. The zero-order valence-corrected chi connectivity index (χ0v) is 72.5. The van der Waals surface area contributed by atoms with Crippen molar-refractivity contribution in [2.75, 3.05) is 125 Å². The largest absolute Gasteiger partial charge is 0.472 e. The summed E-state index contributed by atoms with van der Waals surface area (Å²) in [5, 5.41) is 105. The number of amides is 6. The van der Waals surface area contributed by atoms with Gasteiger partial charge in [-0.15, -0.1) is 0 Å². The third-order valence-corrected chi connectivity index (χ3v) is 22.6. The van der Waals surface area contributed by atoms with Crippen LogP contribution in [0, 0.1) is 0 Å². The van der Waals surface area contributed by atoms with Crippen LogP contribution < -0.4 is 32.3 Å². The van der Waals surface area contributed by atoms with Crippen LogP contribution in [0.25, 0.3) is 11.2 Å². The van der Waals surface area contributed by atoms with Crippen LogP contribution in [0.15, 0.2) is 12.7 Å². The Bertz CT molecular complexity index is 3760. The molecule has 7 heterocycles. The molecule has 2 aromatic heterocycles. The number of nitrogens with zero attached hydrogens (tertiary/aromatic N) is 5. The highest BCUT2D eigenvalue weighted by Gasteiger charge is 2.50. The van der Waals surface area contributed by atoms with Gasteiger partial charge in [0.15, 0.2) is 30.3 Å². The van der Waals surface area contributed by atoms with Crippen molar-refractivity contribution in [1.82, 2.24) is 51.0 Å². The Hall–Kier alpha value is -7.02. The molecule has 0 aliphatic carbocycles. The van der Waals surface area contributed by atoms with Crippen LogP contribution in [-0.2, 0) is 128 Å². The van der Waals surface area contributed by atoms with Crippen LogP contribution in [0.1, 0.15) is 136 Å². The molecule has 8 unspecified atom stereocenters. The average molecular weight is 1850 g/mol. The highest BCUT2D eigenvalue weighted by atomic mass is 31.2. The number of nitrogens with two attached hydrogens (primary N) is 1. The van der Waals surface area contributed by atoms with Gasteiger partial charge in [-0.3, -0.25) is 70.9 Å². The summed E-state index contributed by atoms with van der Waals surface area (Å²) in [4.78, 5) is 179. The molecular weight excluding hydrogens is 1720 g/mol. The minimum atomic E-state index is -5.13. The van der Waals surface area contributed by atoms with Crippen molar-refractivity contribution in [3.05, 3.63) is 12.7 Å². The van der Waals surface area contributed by atoms with E-state index in [1.807, 2.05) is 0 Å². The number of phosphoric ester groups is 1. The molecule has 5 saturated heterocycles. The molecule has 714 valence electrons. The number of ketones is 5. The number of nitrogens with one attached hydrogen (secondary N) is 5. The fourth-order valence-corrected chi connectivity index (χ4v) is 15.7. The molecule has 2 aromatic rings. The summed E-state index contributed by atoms with van der Waals surface area (Å²) in [5.74, 6) is -5.68. The van der Waals surface area contributed by atoms with E-state index in [1.165, 1.54) is 29.2 Å². The second-order valence-electron chi connectivity index (χ2n) is 31.1. The van der Waals surface area contributed by atoms with Gasteiger partial charge in [0.1, 0.15) is 138 Å². The number of nitrogen functional groups attached to an aromatic ring is 1. The lowest BCUT2D eigenvalue weighted by atomic mass is 9.97. The Morgan fingerprint density at radius 3 is 1.41 bits per heavy atom. The van der Waals surface area contributed by atoms with E-state index >= 15 is 0 Å². The second-order valence-corrected chi connectivity index (χ2v) is 34.4. The molecule has 5 aliphatic rings. The van der Waals surface area contributed by atoms with Gasteiger partial charge in [-0.1, -0.05) is 0 Å². The number of carbonyl (C=O) groups excluding carboxylic acids is 11. The Balaban J connectivity index is 1.01. The molecule has 18 N–H and O–H groups in total. The summed E-state index contributed by atoms with van der Waals surface area (Å²) in [6.45, 7) is -2.62.